The van der Waals surface area contributed by atoms with Gasteiger partial charge >= 0.3 is 0 Å². The van der Waals surface area contributed by atoms with Gasteiger partial charge in [-0.3, -0.25) is 0 Å². The predicted octanol–water partition coefficient (Wildman–Crippen LogP) is 4.50. The fraction of sp³-hybridized carbons (Fsp3) is 0.133. The zero-order valence-corrected chi connectivity index (χ0v) is 11.0. The first-order chi connectivity index (χ1) is 8.65. The molecule has 0 bridgehead atoms. The van der Waals surface area contributed by atoms with E-state index in [1.165, 1.54) is 0 Å². The Hall–Kier alpha value is -1.80. The van der Waals surface area contributed by atoms with E-state index in [9.17, 15) is 0 Å². The third-order valence-corrected chi connectivity index (χ3v) is 3.56. The number of aryl methyl sites for hydroxylation is 2. The second-order valence-electron chi connectivity index (χ2n) is 4.52. The number of nitrogens with one attached hydrogen (secondary N) is 1. The van der Waals surface area contributed by atoms with Gasteiger partial charge in [-0.15, -0.1) is 0 Å². The fourth-order valence-electron chi connectivity index (χ4n) is 2.12. The largest absolute Gasteiger partial charge is 0.338 e. The van der Waals surface area contributed by atoms with Crippen molar-refractivity contribution in [2.45, 2.75) is 13.8 Å². The van der Waals surface area contributed by atoms with Gasteiger partial charge in [0.1, 0.15) is 5.82 Å². The molecule has 0 saturated carbocycles. The summed E-state index contributed by atoms with van der Waals surface area (Å²) in [6.45, 7) is 4.06. The Morgan fingerprint density at radius 1 is 1.06 bits per heavy atom. The van der Waals surface area contributed by atoms with Crippen molar-refractivity contribution in [2.75, 3.05) is 0 Å². The molecule has 0 aliphatic heterocycles. The van der Waals surface area contributed by atoms with E-state index < -0.39 is 0 Å². The van der Waals surface area contributed by atoms with Crippen LogP contribution in [0.15, 0.2) is 36.4 Å². The van der Waals surface area contributed by atoms with Gasteiger partial charge in [0.05, 0.1) is 11.0 Å². The number of para-hydroxylation sites is 2. The van der Waals surface area contributed by atoms with Crippen LogP contribution in [-0.2, 0) is 0 Å². The molecule has 18 heavy (non-hydrogen) atoms. The van der Waals surface area contributed by atoms with Gasteiger partial charge in [0.15, 0.2) is 0 Å². The molecule has 1 heterocycles. The molecular weight excluding hydrogens is 244 g/mol. The zero-order chi connectivity index (χ0) is 12.7. The highest BCUT2D eigenvalue weighted by molar-refractivity contribution is 6.31. The molecule has 2 nitrogen and oxygen atoms in total. The molecule has 0 saturated heterocycles. The Labute approximate surface area is 111 Å². The zero-order valence-electron chi connectivity index (χ0n) is 10.3. The van der Waals surface area contributed by atoms with E-state index in [-0.39, 0.29) is 0 Å². The van der Waals surface area contributed by atoms with E-state index in [0.717, 1.165) is 38.6 Å². The first-order valence-electron chi connectivity index (χ1n) is 5.87. The molecular formula is C15H13ClN2. The number of nitrogens with zero attached hydrogens (tertiary/aromatic N) is 1. The van der Waals surface area contributed by atoms with Crippen LogP contribution in [0.2, 0.25) is 5.02 Å². The number of rotatable bonds is 1. The Balaban J connectivity index is 2.22. The number of hydrogen-bond acceptors (Lipinski definition) is 1. The van der Waals surface area contributed by atoms with Crippen molar-refractivity contribution in [3.63, 3.8) is 0 Å². The molecule has 90 valence electrons. The second-order valence-corrected chi connectivity index (χ2v) is 4.93. The molecule has 0 atom stereocenters. The predicted molar refractivity (Wildman–Crippen MR) is 76.0 cm³/mol. The Bertz CT molecular complexity index is 695. The van der Waals surface area contributed by atoms with Crippen molar-refractivity contribution in [1.82, 2.24) is 9.97 Å². The van der Waals surface area contributed by atoms with Gasteiger partial charge in [-0.1, -0.05) is 23.7 Å². The van der Waals surface area contributed by atoms with Crippen LogP contribution in [0.3, 0.4) is 0 Å². The Morgan fingerprint density at radius 2 is 1.83 bits per heavy atom. The van der Waals surface area contributed by atoms with E-state index in [0.29, 0.717) is 0 Å². The lowest BCUT2D eigenvalue weighted by Gasteiger charge is -2.06. The molecule has 0 unspecified atom stereocenters. The lowest BCUT2D eigenvalue weighted by molar-refractivity contribution is 1.29. The van der Waals surface area contributed by atoms with Gasteiger partial charge in [0.25, 0.3) is 0 Å². The highest BCUT2D eigenvalue weighted by Crippen LogP contribution is 2.28. The summed E-state index contributed by atoms with van der Waals surface area (Å²) in [7, 11) is 0. The van der Waals surface area contributed by atoms with Gasteiger partial charge in [0, 0.05) is 10.6 Å². The Kier molecular flexibility index (Phi) is 2.60. The minimum Gasteiger partial charge on any atom is -0.338 e. The minimum atomic E-state index is 0.798. The maximum Gasteiger partial charge on any atom is 0.138 e. The topological polar surface area (TPSA) is 28.7 Å². The van der Waals surface area contributed by atoms with Crippen LogP contribution in [0.25, 0.3) is 22.4 Å². The van der Waals surface area contributed by atoms with Crippen molar-refractivity contribution in [1.29, 1.82) is 0 Å². The molecule has 0 amide bonds. The summed E-state index contributed by atoms with van der Waals surface area (Å²) in [6.07, 6.45) is 0. The van der Waals surface area contributed by atoms with Crippen LogP contribution >= 0.6 is 11.6 Å². The Morgan fingerprint density at radius 3 is 2.61 bits per heavy atom. The molecule has 2 aromatic carbocycles. The van der Waals surface area contributed by atoms with Gasteiger partial charge in [0.2, 0.25) is 0 Å². The molecule has 0 aliphatic rings. The average Bonchev–Trinajstić information content (AvgIpc) is 2.77. The van der Waals surface area contributed by atoms with Gasteiger partial charge in [-0.25, -0.2) is 4.98 Å². The molecule has 3 aromatic rings. The number of aromatic nitrogens is 2. The summed E-state index contributed by atoms with van der Waals surface area (Å²) in [6, 6.07) is 12.1. The van der Waals surface area contributed by atoms with Crippen LogP contribution < -0.4 is 0 Å². The van der Waals surface area contributed by atoms with E-state index in [1.807, 2.05) is 44.2 Å². The van der Waals surface area contributed by atoms with Crippen molar-refractivity contribution in [2.24, 2.45) is 0 Å². The van der Waals surface area contributed by atoms with Crippen molar-refractivity contribution in [3.05, 3.63) is 52.5 Å². The number of aromatic amines is 1. The lowest BCUT2D eigenvalue weighted by Crippen LogP contribution is -1.88. The second kappa shape index (κ2) is 4.14. The van der Waals surface area contributed by atoms with Crippen molar-refractivity contribution >= 4 is 22.6 Å². The quantitative estimate of drug-likeness (QED) is 0.682. The first-order valence-corrected chi connectivity index (χ1v) is 6.25. The van der Waals surface area contributed by atoms with Crippen molar-refractivity contribution < 1.29 is 0 Å². The fourth-order valence-corrected chi connectivity index (χ4v) is 2.33. The third kappa shape index (κ3) is 1.79. The normalized spacial score (nSPS) is 11.1. The maximum absolute atomic E-state index is 6.12. The molecule has 3 heteroatoms. The molecule has 1 N–H and O–H groups in total. The monoisotopic (exact) mass is 256 g/mol. The third-order valence-electron chi connectivity index (χ3n) is 3.15. The smallest absolute Gasteiger partial charge is 0.138 e. The van der Waals surface area contributed by atoms with E-state index in [2.05, 4.69) is 16.0 Å². The van der Waals surface area contributed by atoms with E-state index in [4.69, 9.17) is 11.6 Å². The highest BCUT2D eigenvalue weighted by atomic mass is 35.5. The number of halogens is 1. The van der Waals surface area contributed by atoms with Crippen molar-refractivity contribution in [3.8, 4) is 11.4 Å². The maximum atomic E-state index is 6.12. The van der Waals surface area contributed by atoms with E-state index in [1.54, 1.807) is 0 Å². The first kappa shape index (κ1) is 11.3. The number of H-pyrrole nitrogens is 1. The minimum absolute atomic E-state index is 0.798. The molecule has 3 rings (SSSR count). The molecule has 0 radical (unpaired) electrons. The van der Waals surface area contributed by atoms with Crippen LogP contribution in [0, 0.1) is 13.8 Å². The molecule has 1 aromatic heterocycles. The van der Waals surface area contributed by atoms with Gasteiger partial charge in [-0.2, -0.15) is 0 Å². The van der Waals surface area contributed by atoms with Crippen LogP contribution in [0.5, 0.6) is 0 Å². The summed E-state index contributed by atoms with van der Waals surface area (Å²) in [5.74, 6) is 0.897. The summed E-state index contributed by atoms with van der Waals surface area (Å²) in [4.78, 5) is 7.96. The highest BCUT2D eigenvalue weighted by Gasteiger charge is 2.09. The van der Waals surface area contributed by atoms with Crippen LogP contribution in [0.4, 0.5) is 0 Å². The number of fused-ring (bicyclic) bond motifs is 1. The van der Waals surface area contributed by atoms with Crippen LogP contribution in [-0.4, -0.2) is 9.97 Å². The summed E-state index contributed by atoms with van der Waals surface area (Å²) < 4.78 is 0. The van der Waals surface area contributed by atoms with Gasteiger partial charge < -0.3 is 4.98 Å². The summed E-state index contributed by atoms with van der Waals surface area (Å²) in [5.41, 5.74) is 5.34. The van der Waals surface area contributed by atoms with E-state index >= 15 is 0 Å². The molecule has 0 spiro atoms. The number of imidazole rings is 1. The average molecular weight is 257 g/mol. The molecule has 0 aliphatic carbocycles. The molecule has 0 fully saturated rings. The summed E-state index contributed by atoms with van der Waals surface area (Å²) in [5, 5.41) is 0.798. The SMILES string of the molecule is Cc1cc(-c2nc3ccccc3[nH]2)c(C)cc1Cl. The van der Waals surface area contributed by atoms with Crippen LogP contribution in [0.1, 0.15) is 11.1 Å². The lowest BCUT2D eigenvalue weighted by atomic mass is 10.1. The standard InChI is InChI=1S/C15H13ClN2/c1-9-8-12(16)10(2)7-11(9)15-17-13-5-3-4-6-14(13)18-15/h3-8H,1-2H3,(H,17,18). The number of hydrogen-bond donors (Lipinski definition) is 1. The van der Waals surface area contributed by atoms with Gasteiger partial charge in [-0.05, 0) is 49.2 Å². The summed E-state index contributed by atoms with van der Waals surface area (Å²) >= 11 is 6.12. The number of benzene rings is 2.